The van der Waals surface area contributed by atoms with Gasteiger partial charge in [-0.25, -0.2) is 8.42 Å². The minimum atomic E-state index is -3.74. The van der Waals surface area contributed by atoms with E-state index in [0.29, 0.717) is 29.4 Å². The standard InChI is InChI=1S/C19H20N2O5S2/c1-21(11-13-12-25-16-4-2-3-5-17(16)26-13)28(23,24)14-6-7-18-15(10-14)20-19(22)8-9-27-18/h2-7,10,13H,8-9,11-12H2,1H3,(H,20,22)/t13-/m1/s1. The van der Waals surface area contributed by atoms with Crippen LogP contribution >= 0.6 is 11.8 Å². The van der Waals surface area contributed by atoms with Crippen molar-refractivity contribution in [1.29, 1.82) is 0 Å². The Kier molecular flexibility index (Phi) is 5.22. The van der Waals surface area contributed by atoms with Crippen LogP contribution in [0.15, 0.2) is 52.3 Å². The Balaban J connectivity index is 1.51. The molecule has 7 nitrogen and oxygen atoms in total. The Bertz CT molecular complexity index is 1010. The first kappa shape index (κ1) is 19.1. The van der Waals surface area contributed by atoms with Crippen molar-refractivity contribution < 1.29 is 22.7 Å². The average Bonchev–Trinajstić information content (AvgIpc) is 2.87. The molecule has 1 atom stereocenters. The summed E-state index contributed by atoms with van der Waals surface area (Å²) in [4.78, 5) is 12.8. The Hall–Kier alpha value is -2.23. The minimum absolute atomic E-state index is 0.111. The van der Waals surface area contributed by atoms with E-state index in [1.807, 2.05) is 18.2 Å². The van der Waals surface area contributed by atoms with Crippen LogP contribution in [0.1, 0.15) is 6.42 Å². The number of carbonyl (C=O) groups is 1. The molecule has 28 heavy (non-hydrogen) atoms. The second-order valence-electron chi connectivity index (χ2n) is 6.59. The molecule has 0 aliphatic carbocycles. The van der Waals surface area contributed by atoms with Crippen LogP contribution in [0.5, 0.6) is 11.5 Å². The molecule has 2 heterocycles. The molecule has 2 aliphatic heterocycles. The molecule has 0 spiro atoms. The highest BCUT2D eigenvalue weighted by Gasteiger charge is 2.29. The number of likely N-dealkylation sites (N-methyl/N-ethyl adjacent to an activating group) is 1. The number of amides is 1. The number of ether oxygens (including phenoxy) is 2. The van der Waals surface area contributed by atoms with Gasteiger partial charge >= 0.3 is 0 Å². The highest BCUT2D eigenvalue weighted by molar-refractivity contribution is 7.99. The van der Waals surface area contributed by atoms with Crippen molar-refractivity contribution in [3.63, 3.8) is 0 Å². The quantitative estimate of drug-likeness (QED) is 0.818. The summed E-state index contributed by atoms with van der Waals surface area (Å²) in [5.74, 6) is 1.82. The molecule has 4 rings (SSSR count). The lowest BCUT2D eigenvalue weighted by molar-refractivity contribution is -0.115. The fraction of sp³-hybridized carbons (Fsp3) is 0.316. The van der Waals surface area contributed by atoms with Crippen LogP contribution in [0, 0.1) is 0 Å². The van der Waals surface area contributed by atoms with E-state index in [-0.39, 0.29) is 24.0 Å². The van der Waals surface area contributed by atoms with Crippen LogP contribution in [0.3, 0.4) is 0 Å². The van der Waals surface area contributed by atoms with E-state index < -0.39 is 16.1 Å². The molecule has 0 bridgehead atoms. The van der Waals surface area contributed by atoms with Crippen LogP contribution in [0.4, 0.5) is 5.69 Å². The molecule has 0 unspecified atom stereocenters. The van der Waals surface area contributed by atoms with Gasteiger partial charge in [0, 0.05) is 24.1 Å². The number of rotatable bonds is 4. The average molecular weight is 421 g/mol. The molecule has 9 heteroatoms. The minimum Gasteiger partial charge on any atom is -0.486 e. The molecule has 1 N–H and O–H groups in total. The van der Waals surface area contributed by atoms with Gasteiger partial charge in [-0.2, -0.15) is 4.31 Å². The maximum Gasteiger partial charge on any atom is 0.243 e. The molecule has 2 aromatic carbocycles. The zero-order chi connectivity index (χ0) is 19.7. The van der Waals surface area contributed by atoms with Gasteiger partial charge in [-0.3, -0.25) is 4.79 Å². The SMILES string of the molecule is CN(C[C@@H]1COc2ccccc2O1)S(=O)(=O)c1ccc2c(c1)NC(=O)CCS2. The van der Waals surface area contributed by atoms with Gasteiger partial charge in [0.05, 0.1) is 17.1 Å². The lowest BCUT2D eigenvalue weighted by atomic mass is 10.2. The summed E-state index contributed by atoms with van der Waals surface area (Å²) in [6.07, 6.45) is -0.00674. The Morgan fingerprint density at radius 3 is 2.82 bits per heavy atom. The summed E-state index contributed by atoms with van der Waals surface area (Å²) in [6.45, 7) is 0.419. The lowest BCUT2D eigenvalue weighted by Gasteiger charge is -2.29. The maximum atomic E-state index is 13.0. The number of nitrogens with one attached hydrogen (secondary N) is 1. The molecular formula is C19H20N2O5S2. The van der Waals surface area contributed by atoms with Gasteiger partial charge in [0.25, 0.3) is 0 Å². The Labute approximate surface area is 168 Å². The highest BCUT2D eigenvalue weighted by atomic mass is 32.2. The predicted molar refractivity (Wildman–Crippen MR) is 107 cm³/mol. The number of para-hydroxylation sites is 2. The number of thioether (sulfide) groups is 1. The smallest absolute Gasteiger partial charge is 0.243 e. The van der Waals surface area contributed by atoms with E-state index in [9.17, 15) is 13.2 Å². The van der Waals surface area contributed by atoms with Crippen molar-refractivity contribution in [1.82, 2.24) is 4.31 Å². The molecule has 1 amide bonds. The van der Waals surface area contributed by atoms with Gasteiger partial charge in [0.2, 0.25) is 15.9 Å². The van der Waals surface area contributed by atoms with Gasteiger partial charge < -0.3 is 14.8 Å². The van der Waals surface area contributed by atoms with E-state index in [2.05, 4.69) is 5.32 Å². The predicted octanol–water partition coefficient (Wildman–Crippen LogP) is 2.58. The molecule has 2 aromatic rings. The molecule has 0 radical (unpaired) electrons. The third kappa shape index (κ3) is 3.82. The number of anilines is 1. The fourth-order valence-electron chi connectivity index (χ4n) is 3.08. The zero-order valence-electron chi connectivity index (χ0n) is 15.3. The summed E-state index contributed by atoms with van der Waals surface area (Å²) in [7, 11) is -2.23. The van der Waals surface area contributed by atoms with Crippen molar-refractivity contribution in [2.75, 3.05) is 31.3 Å². The first-order valence-corrected chi connectivity index (χ1v) is 11.3. The summed E-state index contributed by atoms with van der Waals surface area (Å²) >= 11 is 1.53. The summed E-state index contributed by atoms with van der Waals surface area (Å²) in [5.41, 5.74) is 0.535. The number of fused-ring (bicyclic) bond motifs is 2. The van der Waals surface area contributed by atoms with Crippen LogP contribution in [-0.2, 0) is 14.8 Å². The molecule has 0 saturated carbocycles. The topological polar surface area (TPSA) is 84.9 Å². The van der Waals surface area contributed by atoms with E-state index in [4.69, 9.17) is 9.47 Å². The first-order valence-electron chi connectivity index (χ1n) is 8.85. The first-order chi connectivity index (χ1) is 13.4. The molecule has 0 saturated heterocycles. The van der Waals surface area contributed by atoms with Crippen molar-refractivity contribution >= 4 is 33.4 Å². The Morgan fingerprint density at radius 2 is 2.00 bits per heavy atom. The summed E-state index contributed by atoms with van der Waals surface area (Å²) in [6, 6.07) is 12.1. The molecule has 148 valence electrons. The number of benzene rings is 2. The van der Waals surface area contributed by atoms with Crippen molar-refractivity contribution in [3.8, 4) is 11.5 Å². The number of carbonyl (C=O) groups excluding carboxylic acids is 1. The van der Waals surface area contributed by atoms with Crippen LogP contribution < -0.4 is 14.8 Å². The number of nitrogens with zero attached hydrogens (tertiary/aromatic N) is 1. The number of hydrogen-bond donors (Lipinski definition) is 1. The van der Waals surface area contributed by atoms with Gasteiger partial charge in [-0.05, 0) is 30.3 Å². The second kappa shape index (κ2) is 7.65. The Morgan fingerprint density at radius 1 is 1.21 bits per heavy atom. The third-order valence-corrected chi connectivity index (χ3v) is 7.44. The van der Waals surface area contributed by atoms with Crippen molar-refractivity contribution in [2.45, 2.75) is 22.3 Å². The molecule has 2 aliphatic rings. The third-order valence-electron chi connectivity index (χ3n) is 4.55. The maximum absolute atomic E-state index is 13.0. The summed E-state index contributed by atoms with van der Waals surface area (Å²) < 4.78 is 38.8. The normalized spacial score (nSPS) is 18.9. The van der Waals surface area contributed by atoms with Crippen LogP contribution in [0.25, 0.3) is 0 Å². The number of hydrogen-bond acceptors (Lipinski definition) is 6. The number of sulfonamides is 1. The van der Waals surface area contributed by atoms with E-state index in [0.717, 1.165) is 4.90 Å². The van der Waals surface area contributed by atoms with Crippen LogP contribution in [0.2, 0.25) is 0 Å². The highest BCUT2D eigenvalue weighted by Crippen LogP contribution is 2.34. The van der Waals surface area contributed by atoms with E-state index in [1.165, 1.54) is 29.2 Å². The lowest BCUT2D eigenvalue weighted by Crippen LogP contribution is -2.41. The van der Waals surface area contributed by atoms with Crippen molar-refractivity contribution in [3.05, 3.63) is 42.5 Å². The summed E-state index contributed by atoms with van der Waals surface area (Å²) in [5, 5.41) is 2.78. The molecule has 0 aromatic heterocycles. The molecule has 0 fully saturated rings. The monoisotopic (exact) mass is 420 g/mol. The second-order valence-corrected chi connectivity index (χ2v) is 9.77. The zero-order valence-corrected chi connectivity index (χ0v) is 16.9. The van der Waals surface area contributed by atoms with E-state index >= 15 is 0 Å². The van der Waals surface area contributed by atoms with Gasteiger partial charge in [0.1, 0.15) is 12.7 Å². The van der Waals surface area contributed by atoms with Gasteiger partial charge in [0.15, 0.2) is 11.5 Å². The van der Waals surface area contributed by atoms with Gasteiger partial charge in [-0.1, -0.05) is 12.1 Å². The van der Waals surface area contributed by atoms with Crippen molar-refractivity contribution in [2.24, 2.45) is 0 Å². The largest absolute Gasteiger partial charge is 0.486 e. The fourth-order valence-corrected chi connectivity index (χ4v) is 5.24. The van der Waals surface area contributed by atoms with Gasteiger partial charge in [-0.15, -0.1) is 11.8 Å². The van der Waals surface area contributed by atoms with Crippen LogP contribution in [-0.4, -0.2) is 50.7 Å². The van der Waals surface area contributed by atoms with E-state index in [1.54, 1.807) is 18.2 Å². The molecular weight excluding hydrogens is 400 g/mol.